The minimum absolute atomic E-state index is 0.0449. The summed E-state index contributed by atoms with van der Waals surface area (Å²) < 4.78 is 6.28. The van der Waals surface area contributed by atoms with Crippen LogP contribution in [-0.4, -0.2) is 24.8 Å². The molecule has 0 aliphatic heterocycles. The van der Waals surface area contributed by atoms with E-state index in [0.717, 1.165) is 26.0 Å². The fourth-order valence-corrected chi connectivity index (χ4v) is 3.31. The molecule has 1 aliphatic carbocycles. The van der Waals surface area contributed by atoms with Gasteiger partial charge in [-0.15, -0.1) is 6.58 Å². The second-order valence-electron chi connectivity index (χ2n) is 6.64. The Morgan fingerprint density at radius 3 is 2.32 bits per heavy atom. The summed E-state index contributed by atoms with van der Waals surface area (Å²) >= 11 is 0. The van der Waals surface area contributed by atoms with Crippen molar-refractivity contribution in [2.24, 2.45) is 5.41 Å². The molecular weight excluding hydrogens is 234 g/mol. The maximum absolute atomic E-state index is 6.28. The topological polar surface area (TPSA) is 21.3 Å². The van der Waals surface area contributed by atoms with E-state index in [4.69, 9.17) is 4.74 Å². The number of hydrogen-bond donors (Lipinski definition) is 1. The lowest BCUT2D eigenvalue weighted by molar-refractivity contribution is -0.107. The molecular formula is C17H33NO. The van der Waals surface area contributed by atoms with Crippen molar-refractivity contribution < 1.29 is 4.74 Å². The van der Waals surface area contributed by atoms with Gasteiger partial charge in [-0.2, -0.15) is 0 Å². The third kappa shape index (κ3) is 4.61. The van der Waals surface area contributed by atoms with E-state index in [1.165, 1.54) is 25.7 Å². The van der Waals surface area contributed by atoms with Crippen molar-refractivity contribution in [2.75, 3.05) is 13.2 Å². The van der Waals surface area contributed by atoms with Gasteiger partial charge in [0.1, 0.15) is 0 Å². The number of likely N-dealkylation sites (N-methyl/N-ethyl adjacent to an activating group) is 1. The van der Waals surface area contributed by atoms with Gasteiger partial charge in [-0.05, 0) is 57.4 Å². The molecule has 0 bridgehead atoms. The van der Waals surface area contributed by atoms with E-state index in [1.54, 1.807) is 0 Å². The van der Waals surface area contributed by atoms with Crippen LogP contribution in [0.3, 0.4) is 0 Å². The minimum atomic E-state index is 0.0449. The highest BCUT2D eigenvalue weighted by atomic mass is 16.5. The zero-order valence-corrected chi connectivity index (χ0v) is 13.4. The highest BCUT2D eigenvalue weighted by molar-refractivity contribution is 4.99. The van der Waals surface area contributed by atoms with E-state index >= 15 is 0 Å². The summed E-state index contributed by atoms with van der Waals surface area (Å²) in [6, 6.07) is 0.464. The fraction of sp³-hybridized carbons (Fsp3) is 0.882. The molecule has 0 aromatic rings. The monoisotopic (exact) mass is 267 g/mol. The van der Waals surface area contributed by atoms with E-state index < -0.39 is 0 Å². The third-order valence-corrected chi connectivity index (χ3v) is 4.63. The molecule has 0 saturated heterocycles. The SMILES string of the molecule is C=CCCC(NCC)C1(OCC)CCC(C)(C)CC1. The van der Waals surface area contributed by atoms with Crippen LogP contribution in [-0.2, 0) is 4.74 Å². The average molecular weight is 267 g/mol. The van der Waals surface area contributed by atoms with Crippen LogP contribution in [0.15, 0.2) is 12.7 Å². The molecule has 2 heteroatoms. The second kappa shape index (κ2) is 7.44. The molecule has 19 heavy (non-hydrogen) atoms. The summed E-state index contributed by atoms with van der Waals surface area (Å²) in [7, 11) is 0. The van der Waals surface area contributed by atoms with Crippen molar-refractivity contribution in [1.82, 2.24) is 5.32 Å². The zero-order valence-electron chi connectivity index (χ0n) is 13.4. The van der Waals surface area contributed by atoms with Crippen molar-refractivity contribution in [3.05, 3.63) is 12.7 Å². The van der Waals surface area contributed by atoms with Gasteiger partial charge in [-0.3, -0.25) is 0 Å². The maximum Gasteiger partial charge on any atom is 0.0835 e. The number of allylic oxidation sites excluding steroid dienone is 1. The highest BCUT2D eigenvalue weighted by Crippen LogP contribution is 2.44. The molecule has 2 nitrogen and oxygen atoms in total. The maximum atomic E-state index is 6.28. The molecule has 1 aliphatic rings. The summed E-state index contributed by atoms with van der Waals surface area (Å²) in [4.78, 5) is 0. The van der Waals surface area contributed by atoms with Crippen LogP contribution in [0.25, 0.3) is 0 Å². The minimum Gasteiger partial charge on any atom is -0.374 e. The Balaban J connectivity index is 2.79. The summed E-state index contributed by atoms with van der Waals surface area (Å²) in [5.41, 5.74) is 0.527. The molecule has 0 amide bonds. The molecule has 0 heterocycles. The Kier molecular flexibility index (Phi) is 6.55. The van der Waals surface area contributed by atoms with E-state index in [9.17, 15) is 0 Å². The summed E-state index contributed by atoms with van der Waals surface area (Å²) in [6.07, 6.45) is 9.13. The van der Waals surface area contributed by atoms with Gasteiger partial charge >= 0.3 is 0 Å². The van der Waals surface area contributed by atoms with Crippen LogP contribution in [0.1, 0.15) is 66.2 Å². The molecule has 1 unspecified atom stereocenters. The number of nitrogens with one attached hydrogen (secondary N) is 1. The first kappa shape index (κ1) is 16.7. The van der Waals surface area contributed by atoms with Gasteiger partial charge in [0.2, 0.25) is 0 Å². The van der Waals surface area contributed by atoms with E-state index in [0.29, 0.717) is 11.5 Å². The molecule has 0 spiro atoms. The Hall–Kier alpha value is -0.340. The third-order valence-electron chi connectivity index (χ3n) is 4.63. The van der Waals surface area contributed by atoms with E-state index in [1.807, 2.05) is 6.08 Å². The van der Waals surface area contributed by atoms with Crippen molar-refractivity contribution in [1.29, 1.82) is 0 Å². The molecule has 1 rings (SSSR count). The molecule has 0 aromatic carbocycles. The number of hydrogen-bond acceptors (Lipinski definition) is 2. The predicted octanol–water partition coefficient (Wildman–Crippen LogP) is 4.31. The van der Waals surface area contributed by atoms with Crippen LogP contribution in [0, 0.1) is 5.41 Å². The van der Waals surface area contributed by atoms with Gasteiger partial charge in [0.05, 0.1) is 5.60 Å². The van der Waals surface area contributed by atoms with Crippen LogP contribution >= 0.6 is 0 Å². The first-order chi connectivity index (χ1) is 8.99. The first-order valence-corrected chi connectivity index (χ1v) is 7.98. The lowest BCUT2D eigenvalue weighted by Gasteiger charge is -2.48. The average Bonchev–Trinajstić information content (AvgIpc) is 2.38. The van der Waals surface area contributed by atoms with Crippen LogP contribution in [0.2, 0.25) is 0 Å². The summed E-state index contributed by atoms with van der Waals surface area (Å²) in [5, 5.41) is 3.67. The second-order valence-corrected chi connectivity index (χ2v) is 6.64. The zero-order chi connectivity index (χ0) is 14.4. The Bertz CT molecular complexity index is 262. The molecule has 0 aromatic heterocycles. The van der Waals surface area contributed by atoms with E-state index in [-0.39, 0.29) is 5.60 Å². The predicted molar refractivity (Wildman–Crippen MR) is 83.5 cm³/mol. The lowest BCUT2D eigenvalue weighted by atomic mass is 9.67. The van der Waals surface area contributed by atoms with Crippen molar-refractivity contribution in [3.63, 3.8) is 0 Å². The molecule has 112 valence electrons. The number of ether oxygens (including phenoxy) is 1. The Morgan fingerprint density at radius 2 is 1.84 bits per heavy atom. The quantitative estimate of drug-likeness (QED) is 0.662. The van der Waals surface area contributed by atoms with Gasteiger partial charge in [0, 0.05) is 12.6 Å². The van der Waals surface area contributed by atoms with E-state index in [2.05, 4.69) is 39.6 Å². The van der Waals surface area contributed by atoms with Gasteiger partial charge in [-0.1, -0.05) is 26.8 Å². The number of rotatable bonds is 8. The van der Waals surface area contributed by atoms with Crippen molar-refractivity contribution in [3.8, 4) is 0 Å². The smallest absolute Gasteiger partial charge is 0.0835 e. The largest absolute Gasteiger partial charge is 0.374 e. The standard InChI is InChI=1S/C17H33NO/c1-6-9-10-15(18-7-2)17(19-8-3)13-11-16(4,5)12-14-17/h6,15,18H,1,7-14H2,2-5H3. The van der Waals surface area contributed by atoms with Gasteiger partial charge < -0.3 is 10.1 Å². The molecule has 1 atom stereocenters. The van der Waals surface area contributed by atoms with Crippen LogP contribution in [0.4, 0.5) is 0 Å². The summed E-state index contributed by atoms with van der Waals surface area (Å²) in [5.74, 6) is 0. The molecule has 0 radical (unpaired) electrons. The van der Waals surface area contributed by atoms with Gasteiger partial charge in [-0.25, -0.2) is 0 Å². The summed E-state index contributed by atoms with van der Waals surface area (Å²) in [6.45, 7) is 14.8. The van der Waals surface area contributed by atoms with Crippen molar-refractivity contribution >= 4 is 0 Å². The molecule has 1 fully saturated rings. The highest BCUT2D eigenvalue weighted by Gasteiger charge is 2.43. The molecule has 1 saturated carbocycles. The van der Waals surface area contributed by atoms with Crippen LogP contribution in [0.5, 0.6) is 0 Å². The first-order valence-electron chi connectivity index (χ1n) is 7.98. The Labute approximate surface area is 120 Å². The van der Waals surface area contributed by atoms with Gasteiger partial charge in [0.25, 0.3) is 0 Å². The van der Waals surface area contributed by atoms with Crippen LogP contribution < -0.4 is 5.32 Å². The van der Waals surface area contributed by atoms with Crippen molar-refractivity contribution in [2.45, 2.75) is 77.9 Å². The Morgan fingerprint density at radius 1 is 1.21 bits per heavy atom. The molecule has 1 N–H and O–H groups in total. The lowest BCUT2D eigenvalue weighted by Crippen LogP contribution is -2.55. The van der Waals surface area contributed by atoms with Gasteiger partial charge in [0.15, 0.2) is 0 Å². The normalized spacial score (nSPS) is 22.9. The fourth-order valence-electron chi connectivity index (χ4n) is 3.31.